The van der Waals surface area contributed by atoms with Gasteiger partial charge in [0, 0.05) is 23.8 Å². The van der Waals surface area contributed by atoms with Gasteiger partial charge in [-0.05, 0) is 19.4 Å². The number of hydrogen-bond acceptors (Lipinski definition) is 4. The Morgan fingerprint density at radius 1 is 1.48 bits per heavy atom. The van der Waals surface area contributed by atoms with Gasteiger partial charge in [-0.2, -0.15) is 0 Å². The van der Waals surface area contributed by atoms with Crippen molar-refractivity contribution in [1.82, 2.24) is 5.32 Å². The molecule has 0 radical (unpaired) electrons. The van der Waals surface area contributed by atoms with Crippen LogP contribution in [0, 0.1) is 0 Å². The Hall–Kier alpha value is -1.14. The first-order valence-corrected chi connectivity index (χ1v) is 7.79. The average molecular weight is 328 g/mol. The second-order valence-corrected chi connectivity index (χ2v) is 6.59. The molecule has 2 rings (SSSR count). The summed E-state index contributed by atoms with van der Waals surface area (Å²) in [5.41, 5.74) is -0.625. The van der Waals surface area contributed by atoms with Gasteiger partial charge in [-0.25, -0.2) is 0 Å². The molecule has 1 amide bonds. The number of hydrogen-bond donors (Lipinski definition) is 2. The van der Waals surface area contributed by atoms with Crippen LogP contribution in [0.5, 0.6) is 0 Å². The van der Waals surface area contributed by atoms with Crippen molar-refractivity contribution in [2.45, 2.75) is 18.9 Å². The summed E-state index contributed by atoms with van der Waals surface area (Å²) in [6, 6.07) is 7.64. The van der Waals surface area contributed by atoms with E-state index in [2.05, 4.69) is 5.32 Å². The maximum absolute atomic E-state index is 12.5. The molecule has 6 heteroatoms. The number of nitrogens with one attached hydrogen (secondary N) is 1. The largest absolute Gasteiger partial charge is 0.396 e. The smallest absolute Gasteiger partial charge is 0.263 e. The maximum atomic E-state index is 12.5. The van der Waals surface area contributed by atoms with Gasteiger partial charge < -0.3 is 15.2 Å². The number of aliphatic hydroxyl groups excluding tert-OH is 1. The van der Waals surface area contributed by atoms with Gasteiger partial charge in [0.2, 0.25) is 0 Å². The molecule has 21 heavy (non-hydrogen) atoms. The number of carbonyl (C=O) groups is 1. The van der Waals surface area contributed by atoms with Gasteiger partial charge in [-0.1, -0.05) is 29.8 Å². The predicted molar refractivity (Wildman–Crippen MR) is 86.3 cm³/mol. The summed E-state index contributed by atoms with van der Waals surface area (Å²) in [4.78, 5) is 13.0. The van der Waals surface area contributed by atoms with Gasteiger partial charge in [0.15, 0.2) is 0 Å². The number of methoxy groups -OCH3 is 1. The van der Waals surface area contributed by atoms with Crippen LogP contribution in [-0.2, 0) is 4.74 Å². The van der Waals surface area contributed by atoms with E-state index in [9.17, 15) is 4.79 Å². The van der Waals surface area contributed by atoms with Crippen molar-refractivity contribution < 1.29 is 14.6 Å². The maximum Gasteiger partial charge on any atom is 0.263 e. The molecule has 1 unspecified atom stereocenters. The lowest BCUT2D eigenvalue weighted by molar-refractivity contribution is 0.0729. The Bertz CT molecular complexity index is 635. The topological polar surface area (TPSA) is 58.6 Å². The lowest BCUT2D eigenvalue weighted by atomic mass is 9.99. The Balaban J connectivity index is 2.27. The zero-order chi connectivity index (χ0) is 15.5. The van der Waals surface area contributed by atoms with E-state index in [1.54, 1.807) is 7.11 Å². The van der Waals surface area contributed by atoms with Crippen molar-refractivity contribution in [3.63, 3.8) is 0 Å². The van der Waals surface area contributed by atoms with Crippen molar-refractivity contribution in [3.05, 3.63) is 34.2 Å². The number of halogens is 1. The zero-order valence-electron chi connectivity index (χ0n) is 12.0. The molecule has 1 aromatic heterocycles. The highest BCUT2D eigenvalue weighted by Crippen LogP contribution is 2.35. The zero-order valence-corrected chi connectivity index (χ0v) is 13.6. The minimum absolute atomic E-state index is 0.0275. The fourth-order valence-corrected chi connectivity index (χ4v) is 3.64. The average Bonchev–Trinajstić information content (AvgIpc) is 2.77. The summed E-state index contributed by atoms with van der Waals surface area (Å²) in [6.07, 6.45) is 0.412. The highest BCUT2D eigenvalue weighted by atomic mass is 35.5. The van der Waals surface area contributed by atoms with E-state index in [1.807, 2.05) is 31.2 Å². The van der Waals surface area contributed by atoms with E-state index in [0.717, 1.165) is 10.1 Å². The quantitative estimate of drug-likeness (QED) is 0.857. The number of aliphatic hydroxyl groups is 1. The molecule has 0 aliphatic carbocycles. The number of benzene rings is 1. The van der Waals surface area contributed by atoms with Crippen LogP contribution in [0.4, 0.5) is 0 Å². The third-order valence-corrected chi connectivity index (χ3v) is 4.96. The molecule has 0 saturated heterocycles. The fraction of sp³-hybridized carbons (Fsp3) is 0.400. The molecule has 0 saturated carbocycles. The standard InChI is InChI=1S/C15H18ClNO3S/c1-15(7-8-18,9-20-2)17-14(19)13-12(16)10-5-3-4-6-11(10)21-13/h3-6,18H,7-9H2,1-2H3,(H,17,19). The molecule has 114 valence electrons. The Kier molecular flexibility index (Phi) is 5.22. The monoisotopic (exact) mass is 327 g/mol. The molecule has 1 aromatic carbocycles. The molecule has 2 N–H and O–H groups in total. The van der Waals surface area contributed by atoms with E-state index in [-0.39, 0.29) is 12.5 Å². The molecule has 1 heterocycles. The van der Waals surface area contributed by atoms with Crippen molar-refractivity contribution >= 4 is 38.9 Å². The van der Waals surface area contributed by atoms with Crippen LogP contribution in [0.15, 0.2) is 24.3 Å². The van der Waals surface area contributed by atoms with Crippen LogP contribution in [0.25, 0.3) is 10.1 Å². The second-order valence-electron chi connectivity index (χ2n) is 5.16. The number of ether oxygens (including phenoxy) is 1. The third-order valence-electron chi connectivity index (χ3n) is 3.28. The molecule has 0 aliphatic rings. The van der Waals surface area contributed by atoms with Crippen molar-refractivity contribution in [2.24, 2.45) is 0 Å². The van der Waals surface area contributed by atoms with Crippen molar-refractivity contribution in [1.29, 1.82) is 0 Å². The van der Waals surface area contributed by atoms with Crippen molar-refractivity contribution in [3.8, 4) is 0 Å². The van der Waals surface area contributed by atoms with Gasteiger partial charge in [0.25, 0.3) is 5.91 Å². The fourth-order valence-electron chi connectivity index (χ4n) is 2.23. The highest BCUT2D eigenvalue weighted by molar-refractivity contribution is 7.21. The summed E-state index contributed by atoms with van der Waals surface area (Å²) in [5.74, 6) is -0.241. The number of amides is 1. The Morgan fingerprint density at radius 3 is 2.81 bits per heavy atom. The van der Waals surface area contributed by atoms with E-state index < -0.39 is 5.54 Å². The minimum atomic E-state index is -0.625. The SMILES string of the molecule is COCC(C)(CCO)NC(=O)c1sc2ccccc2c1Cl. The molecular weight excluding hydrogens is 310 g/mol. The first kappa shape index (κ1) is 16.2. The van der Waals surface area contributed by atoms with Gasteiger partial charge in [-0.15, -0.1) is 11.3 Å². The molecule has 2 aromatic rings. The molecular formula is C15H18ClNO3S. The van der Waals surface area contributed by atoms with Gasteiger partial charge in [0.1, 0.15) is 4.88 Å². The van der Waals surface area contributed by atoms with E-state index >= 15 is 0 Å². The number of fused-ring (bicyclic) bond motifs is 1. The van der Waals surface area contributed by atoms with Gasteiger partial charge in [0.05, 0.1) is 17.2 Å². The third kappa shape index (κ3) is 3.55. The molecule has 0 fully saturated rings. The van der Waals surface area contributed by atoms with Crippen LogP contribution in [0.3, 0.4) is 0 Å². The molecule has 0 aliphatic heterocycles. The Labute approximate surface area is 132 Å². The molecule has 0 bridgehead atoms. The number of carbonyl (C=O) groups excluding carboxylic acids is 1. The molecule has 4 nitrogen and oxygen atoms in total. The van der Waals surface area contributed by atoms with Crippen LogP contribution in [0.2, 0.25) is 5.02 Å². The first-order valence-electron chi connectivity index (χ1n) is 6.60. The van der Waals surface area contributed by atoms with Crippen LogP contribution in [0.1, 0.15) is 23.0 Å². The predicted octanol–water partition coefficient (Wildman–Crippen LogP) is 3.07. The van der Waals surface area contributed by atoms with Crippen LogP contribution in [-0.4, -0.2) is 36.9 Å². The molecule has 0 spiro atoms. The summed E-state index contributed by atoms with van der Waals surface area (Å²) >= 11 is 7.67. The van der Waals surface area contributed by atoms with E-state index in [0.29, 0.717) is 22.9 Å². The van der Waals surface area contributed by atoms with Crippen molar-refractivity contribution in [2.75, 3.05) is 20.3 Å². The van der Waals surface area contributed by atoms with E-state index in [1.165, 1.54) is 11.3 Å². The summed E-state index contributed by atoms with van der Waals surface area (Å²) in [6.45, 7) is 2.13. The lowest BCUT2D eigenvalue weighted by Gasteiger charge is -2.29. The molecule has 1 atom stereocenters. The lowest BCUT2D eigenvalue weighted by Crippen LogP contribution is -2.49. The van der Waals surface area contributed by atoms with Gasteiger partial charge >= 0.3 is 0 Å². The van der Waals surface area contributed by atoms with Gasteiger partial charge in [-0.3, -0.25) is 4.79 Å². The normalized spacial score (nSPS) is 14.1. The second kappa shape index (κ2) is 6.75. The van der Waals surface area contributed by atoms with Crippen LogP contribution < -0.4 is 5.32 Å². The van der Waals surface area contributed by atoms with E-state index in [4.69, 9.17) is 21.4 Å². The highest BCUT2D eigenvalue weighted by Gasteiger charge is 2.28. The summed E-state index contributed by atoms with van der Waals surface area (Å²) in [5, 5.41) is 13.4. The first-order chi connectivity index (χ1) is 10.0. The minimum Gasteiger partial charge on any atom is -0.396 e. The summed E-state index contributed by atoms with van der Waals surface area (Å²) < 4.78 is 6.11. The number of thiophene rings is 1. The number of rotatable bonds is 6. The summed E-state index contributed by atoms with van der Waals surface area (Å²) in [7, 11) is 1.56. The van der Waals surface area contributed by atoms with Crippen LogP contribution >= 0.6 is 22.9 Å². The Morgan fingerprint density at radius 2 is 2.19 bits per heavy atom.